The lowest BCUT2D eigenvalue weighted by atomic mass is 9.84. The van der Waals surface area contributed by atoms with Gasteiger partial charge in [-0.05, 0) is 73.0 Å². The van der Waals surface area contributed by atoms with Gasteiger partial charge in [-0.1, -0.05) is 65.2 Å². The minimum absolute atomic E-state index is 0.0534. The largest absolute Gasteiger partial charge is 0.361 e. The van der Waals surface area contributed by atoms with Gasteiger partial charge in [0.2, 0.25) is 11.8 Å². The van der Waals surface area contributed by atoms with Gasteiger partial charge in [-0.3, -0.25) is 14.6 Å². The average molecular weight is 630 g/mol. The van der Waals surface area contributed by atoms with Crippen molar-refractivity contribution in [2.75, 3.05) is 0 Å². The van der Waals surface area contributed by atoms with Crippen molar-refractivity contribution in [1.29, 1.82) is 0 Å². The maximum atomic E-state index is 14.3. The van der Waals surface area contributed by atoms with Crippen LogP contribution in [0, 0.1) is 6.92 Å². The zero-order chi connectivity index (χ0) is 30.0. The molecule has 2 unspecified atom stereocenters. The van der Waals surface area contributed by atoms with E-state index in [1.165, 1.54) is 11.8 Å². The van der Waals surface area contributed by atoms with Crippen molar-refractivity contribution in [2.24, 2.45) is 0 Å². The van der Waals surface area contributed by atoms with Gasteiger partial charge in [0.25, 0.3) is 0 Å². The SMILES string of the molecule is Cc1ccc(SC2(C(=O)NCc3ccccn3)CC(=O)N(Cc3ccc(Cl)cc3)C(c3c[nH]c4cc(Cl)ccc34)C2)cc1. The molecule has 0 bridgehead atoms. The number of amides is 2. The molecular weight excluding hydrogens is 599 g/mol. The van der Waals surface area contributed by atoms with Gasteiger partial charge in [0, 0.05) is 44.8 Å². The standard InChI is InChI=1S/C34H30Cl2N4O2S/c1-22-5-12-27(13-6-22)43-34(33(42)39-19-26-4-2-3-15-37-26)17-31(29-20-38-30-16-25(36)11-14-28(29)30)40(32(41)18-34)21-23-7-9-24(35)10-8-23/h2-16,20,31,38H,17-19,21H2,1H3,(H,39,42). The Morgan fingerprint density at radius 3 is 2.56 bits per heavy atom. The van der Waals surface area contributed by atoms with E-state index in [0.29, 0.717) is 23.0 Å². The van der Waals surface area contributed by atoms with Gasteiger partial charge in [0.1, 0.15) is 4.75 Å². The number of likely N-dealkylation sites (tertiary alicyclic amines) is 1. The molecule has 9 heteroatoms. The summed E-state index contributed by atoms with van der Waals surface area (Å²) in [6.45, 7) is 2.69. The number of carbonyl (C=O) groups is 2. The van der Waals surface area contributed by atoms with Crippen LogP contribution in [0.1, 0.15) is 41.3 Å². The van der Waals surface area contributed by atoms with E-state index in [9.17, 15) is 9.59 Å². The second-order valence-corrected chi connectivity index (χ2v) is 13.2. The van der Waals surface area contributed by atoms with Crippen LogP contribution in [0.15, 0.2) is 102 Å². The lowest BCUT2D eigenvalue weighted by Crippen LogP contribution is -2.54. The molecule has 0 radical (unpaired) electrons. The Kier molecular flexibility index (Phi) is 8.48. The maximum Gasteiger partial charge on any atom is 0.237 e. The van der Waals surface area contributed by atoms with E-state index in [4.69, 9.17) is 23.2 Å². The molecule has 2 amide bonds. The lowest BCUT2D eigenvalue weighted by Gasteiger charge is -2.45. The number of halogens is 2. The molecule has 1 aliphatic heterocycles. The molecule has 1 aliphatic rings. The van der Waals surface area contributed by atoms with Crippen LogP contribution >= 0.6 is 35.0 Å². The van der Waals surface area contributed by atoms with E-state index < -0.39 is 4.75 Å². The third-order valence-corrected chi connectivity index (χ3v) is 9.74. The number of pyridine rings is 1. The van der Waals surface area contributed by atoms with Crippen LogP contribution < -0.4 is 5.32 Å². The fourth-order valence-electron chi connectivity index (χ4n) is 5.64. The van der Waals surface area contributed by atoms with Crippen LogP contribution in [-0.4, -0.2) is 31.4 Å². The van der Waals surface area contributed by atoms with E-state index in [1.807, 2.05) is 103 Å². The molecule has 0 saturated carbocycles. The Balaban J connectivity index is 1.41. The lowest BCUT2D eigenvalue weighted by molar-refractivity contribution is -0.143. The minimum atomic E-state index is -1.06. The smallest absolute Gasteiger partial charge is 0.237 e. The molecule has 6 nitrogen and oxygen atoms in total. The molecule has 6 rings (SSSR count). The van der Waals surface area contributed by atoms with Crippen LogP contribution in [0.4, 0.5) is 0 Å². The van der Waals surface area contributed by atoms with Crippen molar-refractivity contribution in [3.63, 3.8) is 0 Å². The highest BCUT2D eigenvalue weighted by Gasteiger charge is 2.50. The van der Waals surface area contributed by atoms with E-state index >= 15 is 0 Å². The summed E-state index contributed by atoms with van der Waals surface area (Å²) in [6.07, 6.45) is 4.11. The molecule has 3 aromatic carbocycles. The molecule has 3 heterocycles. The number of aromatic amines is 1. The van der Waals surface area contributed by atoms with Crippen molar-refractivity contribution in [2.45, 2.75) is 48.5 Å². The monoisotopic (exact) mass is 628 g/mol. The van der Waals surface area contributed by atoms with Crippen LogP contribution in [0.25, 0.3) is 10.9 Å². The summed E-state index contributed by atoms with van der Waals surface area (Å²) in [7, 11) is 0. The van der Waals surface area contributed by atoms with Gasteiger partial charge in [-0.25, -0.2) is 0 Å². The first kappa shape index (κ1) is 29.3. The third-order valence-electron chi connectivity index (χ3n) is 7.86. The molecule has 43 heavy (non-hydrogen) atoms. The summed E-state index contributed by atoms with van der Waals surface area (Å²) < 4.78 is -1.06. The first-order valence-corrected chi connectivity index (χ1v) is 15.6. The Labute approximate surface area is 264 Å². The predicted octanol–water partition coefficient (Wildman–Crippen LogP) is 7.89. The predicted molar refractivity (Wildman–Crippen MR) is 173 cm³/mol. The molecule has 2 aromatic heterocycles. The quantitative estimate of drug-likeness (QED) is 0.183. The molecule has 1 fully saturated rings. The van der Waals surface area contributed by atoms with Crippen LogP contribution in [0.2, 0.25) is 10.0 Å². The minimum Gasteiger partial charge on any atom is -0.361 e. The number of nitrogens with one attached hydrogen (secondary N) is 2. The normalized spacial score (nSPS) is 18.6. The number of benzene rings is 3. The van der Waals surface area contributed by atoms with Gasteiger partial charge in [0.15, 0.2) is 0 Å². The van der Waals surface area contributed by atoms with E-state index in [-0.39, 0.29) is 30.8 Å². The zero-order valence-corrected chi connectivity index (χ0v) is 25.8. The summed E-state index contributed by atoms with van der Waals surface area (Å²) in [6, 6.07) is 26.5. The number of nitrogens with zero attached hydrogens (tertiary/aromatic N) is 2. The highest BCUT2D eigenvalue weighted by molar-refractivity contribution is 8.01. The number of aryl methyl sites for hydroxylation is 1. The second kappa shape index (κ2) is 12.4. The summed E-state index contributed by atoms with van der Waals surface area (Å²) in [5.74, 6) is -0.279. The molecule has 5 aromatic rings. The summed E-state index contributed by atoms with van der Waals surface area (Å²) >= 11 is 13.9. The number of fused-ring (bicyclic) bond motifs is 1. The number of H-pyrrole nitrogens is 1. The Bertz CT molecular complexity index is 1760. The number of aromatic nitrogens is 2. The third kappa shape index (κ3) is 6.44. The average Bonchev–Trinajstić information content (AvgIpc) is 3.42. The van der Waals surface area contributed by atoms with Crippen molar-refractivity contribution in [3.8, 4) is 0 Å². The van der Waals surface area contributed by atoms with Gasteiger partial charge in [0.05, 0.1) is 24.7 Å². The Morgan fingerprint density at radius 1 is 1.05 bits per heavy atom. The number of hydrogen-bond donors (Lipinski definition) is 2. The van der Waals surface area contributed by atoms with Crippen LogP contribution in [0.5, 0.6) is 0 Å². The van der Waals surface area contributed by atoms with E-state index in [2.05, 4.69) is 15.3 Å². The molecular formula is C34H30Cl2N4O2S. The van der Waals surface area contributed by atoms with Gasteiger partial charge in [-0.2, -0.15) is 0 Å². The molecule has 0 spiro atoms. The topological polar surface area (TPSA) is 78.1 Å². The first-order chi connectivity index (χ1) is 20.8. The highest BCUT2D eigenvalue weighted by atomic mass is 35.5. The van der Waals surface area contributed by atoms with E-state index in [0.717, 1.165) is 38.2 Å². The number of rotatable bonds is 8. The summed E-state index contributed by atoms with van der Waals surface area (Å²) in [5.41, 5.74) is 4.66. The molecule has 218 valence electrons. The Hall–Kier alpha value is -3.78. The second-order valence-electron chi connectivity index (χ2n) is 10.9. The van der Waals surface area contributed by atoms with Crippen molar-refractivity contribution < 1.29 is 9.59 Å². The molecule has 1 saturated heterocycles. The van der Waals surface area contributed by atoms with Gasteiger partial charge < -0.3 is 15.2 Å². The summed E-state index contributed by atoms with van der Waals surface area (Å²) in [4.78, 5) is 39.1. The van der Waals surface area contributed by atoms with Crippen LogP contribution in [-0.2, 0) is 22.7 Å². The highest BCUT2D eigenvalue weighted by Crippen LogP contribution is 2.49. The fraction of sp³-hybridized carbons (Fsp3) is 0.206. The fourth-order valence-corrected chi connectivity index (χ4v) is 7.26. The number of hydrogen-bond acceptors (Lipinski definition) is 4. The first-order valence-electron chi connectivity index (χ1n) is 14.0. The summed E-state index contributed by atoms with van der Waals surface area (Å²) in [5, 5.41) is 5.33. The molecule has 2 atom stereocenters. The van der Waals surface area contributed by atoms with Gasteiger partial charge in [-0.15, -0.1) is 11.8 Å². The number of thioether (sulfide) groups is 1. The van der Waals surface area contributed by atoms with Crippen molar-refractivity contribution >= 4 is 57.7 Å². The maximum absolute atomic E-state index is 14.3. The molecule has 2 N–H and O–H groups in total. The van der Waals surface area contributed by atoms with E-state index in [1.54, 1.807) is 6.20 Å². The van der Waals surface area contributed by atoms with Gasteiger partial charge >= 0.3 is 0 Å². The van der Waals surface area contributed by atoms with Crippen molar-refractivity contribution in [1.82, 2.24) is 20.2 Å². The zero-order valence-electron chi connectivity index (χ0n) is 23.5. The van der Waals surface area contributed by atoms with Crippen LogP contribution in [0.3, 0.4) is 0 Å². The number of piperidine rings is 1. The number of carbonyl (C=O) groups excluding carboxylic acids is 2. The Morgan fingerprint density at radius 2 is 1.81 bits per heavy atom. The molecule has 0 aliphatic carbocycles. The van der Waals surface area contributed by atoms with Crippen molar-refractivity contribution in [3.05, 3.63) is 130 Å².